The van der Waals surface area contributed by atoms with E-state index in [1.165, 1.54) is 122 Å². The van der Waals surface area contributed by atoms with E-state index in [1.807, 2.05) is 6.08 Å². The number of amides is 1. The number of allylic oxidation sites excluding steroid dienone is 7. The van der Waals surface area contributed by atoms with Gasteiger partial charge in [0.15, 0.2) is 6.29 Å². The van der Waals surface area contributed by atoms with Gasteiger partial charge in [0, 0.05) is 12.8 Å². The minimum Gasteiger partial charge on any atom is -0.466 e. The third kappa shape index (κ3) is 38.3. The van der Waals surface area contributed by atoms with Crippen LogP contribution >= 0.6 is 0 Å². The Bertz CT molecular complexity index is 1300. The fourth-order valence-corrected chi connectivity index (χ4v) is 8.75. The standard InChI is InChI=1S/C59H107NO10/c1-3-5-7-9-11-13-15-16-19-22-26-29-33-37-41-45-52(62)51(50-69-59-58(67)57(66)56(65)53(49-61)70-59)60-54(63)46-42-38-34-30-27-23-20-17-18-21-24-28-32-36-40-44-48-68-55(64)47-43-39-35-31-25-14-12-10-8-6-4-2/h15-17,20,26,29,41,45,51-53,56-59,61-62,65-67H,3-14,18-19,21-25,27-28,30-40,42-44,46-50H2,1-2H3,(H,60,63)/b16-15+,20-17-,29-26+,45-41+. The van der Waals surface area contributed by atoms with E-state index in [4.69, 9.17) is 14.2 Å². The van der Waals surface area contributed by atoms with E-state index in [0.717, 1.165) is 96.3 Å². The smallest absolute Gasteiger partial charge is 0.305 e. The van der Waals surface area contributed by atoms with Crippen molar-refractivity contribution in [3.05, 3.63) is 48.6 Å². The average molecular weight is 991 g/mol. The topological polar surface area (TPSA) is 175 Å². The van der Waals surface area contributed by atoms with Gasteiger partial charge in [-0.25, -0.2) is 0 Å². The Morgan fingerprint density at radius 3 is 1.41 bits per heavy atom. The second-order valence-corrected chi connectivity index (χ2v) is 20.0. The minimum absolute atomic E-state index is 0.0229. The highest BCUT2D eigenvalue weighted by atomic mass is 16.7. The van der Waals surface area contributed by atoms with Gasteiger partial charge >= 0.3 is 5.97 Å². The molecule has 1 saturated heterocycles. The lowest BCUT2D eigenvalue weighted by atomic mass is 9.99. The van der Waals surface area contributed by atoms with Crippen molar-refractivity contribution in [3.63, 3.8) is 0 Å². The molecule has 0 radical (unpaired) electrons. The van der Waals surface area contributed by atoms with Gasteiger partial charge in [-0.3, -0.25) is 9.59 Å². The maximum atomic E-state index is 13.0. The van der Waals surface area contributed by atoms with Crippen LogP contribution in [0.4, 0.5) is 0 Å². The molecule has 11 heteroatoms. The lowest BCUT2D eigenvalue weighted by molar-refractivity contribution is -0.302. The summed E-state index contributed by atoms with van der Waals surface area (Å²) >= 11 is 0. The van der Waals surface area contributed by atoms with Crippen LogP contribution in [0.3, 0.4) is 0 Å². The van der Waals surface area contributed by atoms with E-state index in [-0.39, 0.29) is 18.5 Å². The number of hydrogen-bond donors (Lipinski definition) is 6. The summed E-state index contributed by atoms with van der Waals surface area (Å²) in [5, 5.41) is 54.3. The molecule has 1 heterocycles. The summed E-state index contributed by atoms with van der Waals surface area (Å²) in [6, 6.07) is -0.847. The summed E-state index contributed by atoms with van der Waals surface area (Å²) in [7, 11) is 0. The van der Waals surface area contributed by atoms with Crippen LogP contribution in [-0.4, -0.2) is 100 Å². The lowest BCUT2D eigenvalue weighted by Gasteiger charge is -2.40. The van der Waals surface area contributed by atoms with Crippen LogP contribution in [0.2, 0.25) is 0 Å². The maximum Gasteiger partial charge on any atom is 0.305 e. The number of unbranched alkanes of at least 4 members (excludes halogenated alkanes) is 29. The first-order valence-electron chi connectivity index (χ1n) is 28.9. The molecule has 0 aliphatic carbocycles. The third-order valence-corrected chi connectivity index (χ3v) is 13.4. The molecule has 6 N–H and O–H groups in total. The van der Waals surface area contributed by atoms with E-state index in [0.29, 0.717) is 25.9 Å². The molecule has 1 rings (SSSR count). The summed E-state index contributed by atoms with van der Waals surface area (Å²) in [5.74, 6) is -0.237. The van der Waals surface area contributed by atoms with Crippen LogP contribution in [0, 0.1) is 0 Å². The largest absolute Gasteiger partial charge is 0.466 e. The monoisotopic (exact) mass is 990 g/mol. The van der Waals surface area contributed by atoms with Crippen molar-refractivity contribution in [2.75, 3.05) is 19.8 Å². The molecule has 1 aliphatic rings. The van der Waals surface area contributed by atoms with E-state index in [2.05, 4.69) is 55.6 Å². The Hall–Kier alpha value is -2.38. The SMILES string of the molecule is CCCCCCC/C=C/CC/C=C/CC/C=C/C(O)C(COC1OC(CO)C(O)C(O)C1O)NC(=O)CCCCCCC/C=C\CCCCCCCCCOC(=O)CCCCCCCCCCCCC. The van der Waals surface area contributed by atoms with Gasteiger partial charge in [-0.15, -0.1) is 0 Å². The fourth-order valence-electron chi connectivity index (χ4n) is 8.75. The summed E-state index contributed by atoms with van der Waals surface area (Å²) in [5.41, 5.74) is 0. The molecule has 7 atom stereocenters. The molecule has 0 aromatic heterocycles. The fraction of sp³-hybridized carbons (Fsp3) is 0.831. The van der Waals surface area contributed by atoms with Gasteiger partial charge in [0.25, 0.3) is 0 Å². The van der Waals surface area contributed by atoms with Crippen molar-refractivity contribution in [1.29, 1.82) is 0 Å². The summed E-state index contributed by atoms with van der Waals surface area (Å²) in [4.78, 5) is 25.0. The van der Waals surface area contributed by atoms with Gasteiger partial charge in [0.1, 0.15) is 24.4 Å². The van der Waals surface area contributed by atoms with Crippen LogP contribution < -0.4 is 5.32 Å². The molecule has 11 nitrogen and oxygen atoms in total. The zero-order chi connectivity index (χ0) is 51.0. The Morgan fingerprint density at radius 2 is 0.929 bits per heavy atom. The second kappa shape index (κ2) is 48.9. The molecule has 7 unspecified atom stereocenters. The van der Waals surface area contributed by atoms with E-state index in [1.54, 1.807) is 6.08 Å². The first kappa shape index (κ1) is 65.6. The molecule has 1 amide bonds. The van der Waals surface area contributed by atoms with Crippen molar-refractivity contribution in [1.82, 2.24) is 5.32 Å². The summed E-state index contributed by atoms with van der Waals surface area (Å²) < 4.78 is 16.7. The molecule has 0 saturated carbocycles. The Kier molecular flexibility index (Phi) is 45.8. The zero-order valence-corrected chi connectivity index (χ0v) is 44.7. The highest BCUT2D eigenvalue weighted by Crippen LogP contribution is 2.23. The van der Waals surface area contributed by atoms with Gasteiger partial charge in [-0.05, 0) is 83.5 Å². The van der Waals surface area contributed by atoms with Crippen molar-refractivity contribution >= 4 is 11.9 Å². The van der Waals surface area contributed by atoms with Crippen molar-refractivity contribution < 1.29 is 49.3 Å². The zero-order valence-electron chi connectivity index (χ0n) is 44.7. The van der Waals surface area contributed by atoms with Crippen LogP contribution in [0.1, 0.15) is 251 Å². The Balaban J connectivity index is 2.19. The van der Waals surface area contributed by atoms with Crippen LogP contribution in [0.25, 0.3) is 0 Å². The van der Waals surface area contributed by atoms with Crippen LogP contribution in [0.15, 0.2) is 48.6 Å². The predicted octanol–water partition coefficient (Wildman–Crippen LogP) is 12.9. The van der Waals surface area contributed by atoms with Crippen LogP contribution in [-0.2, 0) is 23.8 Å². The molecule has 70 heavy (non-hydrogen) atoms. The maximum absolute atomic E-state index is 13.0. The highest BCUT2D eigenvalue weighted by Gasteiger charge is 2.44. The van der Waals surface area contributed by atoms with Gasteiger partial charge in [0.05, 0.1) is 32.0 Å². The number of hydrogen-bond acceptors (Lipinski definition) is 10. The number of esters is 1. The molecular weight excluding hydrogens is 883 g/mol. The summed E-state index contributed by atoms with van der Waals surface area (Å²) in [6.07, 6.45) is 50.4. The summed E-state index contributed by atoms with van der Waals surface area (Å²) in [6.45, 7) is 4.26. The molecule has 0 spiro atoms. The van der Waals surface area contributed by atoms with Gasteiger partial charge in [0.2, 0.25) is 5.91 Å². The quantitative estimate of drug-likeness (QED) is 0.0196. The van der Waals surface area contributed by atoms with E-state index < -0.39 is 49.5 Å². The lowest BCUT2D eigenvalue weighted by Crippen LogP contribution is -2.60. The molecular formula is C59H107NO10. The predicted molar refractivity (Wildman–Crippen MR) is 287 cm³/mol. The molecule has 408 valence electrons. The number of aliphatic hydroxyl groups is 5. The third-order valence-electron chi connectivity index (χ3n) is 13.4. The minimum atomic E-state index is -1.59. The number of nitrogens with one attached hydrogen (secondary N) is 1. The van der Waals surface area contributed by atoms with Crippen molar-refractivity contribution in [2.45, 2.75) is 294 Å². The number of ether oxygens (including phenoxy) is 3. The van der Waals surface area contributed by atoms with E-state index >= 15 is 0 Å². The van der Waals surface area contributed by atoms with Gasteiger partial charge < -0.3 is 45.1 Å². The molecule has 0 bridgehead atoms. The van der Waals surface area contributed by atoms with E-state index in [9.17, 15) is 35.1 Å². The first-order valence-corrected chi connectivity index (χ1v) is 28.9. The van der Waals surface area contributed by atoms with Gasteiger partial charge in [-0.2, -0.15) is 0 Å². The molecule has 1 fully saturated rings. The van der Waals surface area contributed by atoms with Crippen LogP contribution in [0.5, 0.6) is 0 Å². The van der Waals surface area contributed by atoms with Crippen molar-refractivity contribution in [3.8, 4) is 0 Å². The Morgan fingerprint density at radius 1 is 0.514 bits per heavy atom. The molecule has 0 aromatic rings. The van der Waals surface area contributed by atoms with Gasteiger partial charge in [-0.1, -0.05) is 204 Å². The molecule has 0 aromatic carbocycles. The number of rotatable bonds is 49. The second-order valence-electron chi connectivity index (χ2n) is 20.0. The number of carbonyl (C=O) groups is 2. The highest BCUT2D eigenvalue weighted by molar-refractivity contribution is 5.76. The number of aliphatic hydroxyl groups excluding tert-OH is 5. The Labute approximate surface area is 427 Å². The normalized spacial score (nSPS) is 19.6. The number of carbonyl (C=O) groups excluding carboxylic acids is 2. The average Bonchev–Trinajstić information content (AvgIpc) is 3.36. The first-order chi connectivity index (χ1) is 34.2. The molecule has 1 aliphatic heterocycles. The van der Waals surface area contributed by atoms with Crippen molar-refractivity contribution in [2.24, 2.45) is 0 Å².